The maximum absolute atomic E-state index is 13.8. The molecular formula is C16H23FN2O3S. The molecule has 1 aromatic rings. The summed E-state index contributed by atoms with van der Waals surface area (Å²) < 4.78 is 36.8. The fraction of sp³-hybridized carbons (Fsp3) is 0.562. The van der Waals surface area contributed by atoms with E-state index in [2.05, 4.69) is 5.32 Å². The van der Waals surface area contributed by atoms with E-state index in [4.69, 9.17) is 0 Å². The maximum atomic E-state index is 13.8. The number of anilines is 1. The van der Waals surface area contributed by atoms with Crippen LogP contribution in [-0.2, 0) is 14.6 Å². The Balaban J connectivity index is 2.00. The first kappa shape index (κ1) is 17.7. The van der Waals surface area contributed by atoms with Gasteiger partial charge in [-0.05, 0) is 31.0 Å². The Labute approximate surface area is 136 Å². The molecule has 0 saturated carbocycles. The van der Waals surface area contributed by atoms with Crippen LogP contribution in [-0.4, -0.2) is 45.1 Å². The van der Waals surface area contributed by atoms with Crippen molar-refractivity contribution in [2.75, 3.05) is 31.2 Å². The maximum Gasteiger partial charge on any atom is 0.241 e. The van der Waals surface area contributed by atoms with Gasteiger partial charge in [-0.3, -0.25) is 4.79 Å². The summed E-state index contributed by atoms with van der Waals surface area (Å²) in [7, 11) is -3.41. The van der Waals surface area contributed by atoms with Gasteiger partial charge in [-0.15, -0.1) is 0 Å². The molecule has 23 heavy (non-hydrogen) atoms. The van der Waals surface area contributed by atoms with Gasteiger partial charge in [-0.1, -0.05) is 19.3 Å². The lowest BCUT2D eigenvalue weighted by atomic mass is 10.1. The first-order valence-electron chi connectivity index (χ1n) is 7.89. The zero-order chi connectivity index (χ0) is 16.9. The Morgan fingerprint density at radius 1 is 1.17 bits per heavy atom. The molecule has 1 aromatic carbocycles. The molecule has 1 heterocycles. The van der Waals surface area contributed by atoms with Crippen LogP contribution in [0.15, 0.2) is 23.1 Å². The minimum atomic E-state index is -3.41. The second-order valence-electron chi connectivity index (χ2n) is 5.92. The van der Waals surface area contributed by atoms with Crippen LogP contribution < -0.4 is 5.32 Å². The Bertz CT molecular complexity index is 653. The molecule has 2 rings (SSSR count). The second kappa shape index (κ2) is 7.77. The van der Waals surface area contributed by atoms with Crippen molar-refractivity contribution in [1.29, 1.82) is 0 Å². The van der Waals surface area contributed by atoms with E-state index in [9.17, 15) is 17.6 Å². The van der Waals surface area contributed by atoms with Crippen molar-refractivity contribution in [3.05, 3.63) is 24.0 Å². The molecule has 0 unspecified atom stereocenters. The molecule has 0 atom stereocenters. The Kier molecular flexibility index (Phi) is 5.98. The number of sulfone groups is 1. The van der Waals surface area contributed by atoms with Gasteiger partial charge >= 0.3 is 0 Å². The summed E-state index contributed by atoms with van der Waals surface area (Å²) in [6.45, 7) is 1.42. The van der Waals surface area contributed by atoms with Crippen molar-refractivity contribution in [1.82, 2.24) is 4.90 Å². The predicted molar refractivity (Wildman–Crippen MR) is 87.7 cm³/mol. The third-order valence-electron chi connectivity index (χ3n) is 4.00. The molecule has 1 N–H and O–H groups in total. The minimum Gasteiger partial charge on any atom is -0.374 e. The highest BCUT2D eigenvalue weighted by atomic mass is 32.2. The molecule has 1 saturated heterocycles. The van der Waals surface area contributed by atoms with Gasteiger partial charge in [-0.25, -0.2) is 12.8 Å². The molecule has 0 spiro atoms. The molecule has 1 aliphatic heterocycles. The summed E-state index contributed by atoms with van der Waals surface area (Å²) in [4.78, 5) is 14.1. The van der Waals surface area contributed by atoms with Gasteiger partial charge in [0.25, 0.3) is 0 Å². The van der Waals surface area contributed by atoms with E-state index < -0.39 is 15.7 Å². The number of carbonyl (C=O) groups is 1. The summed E-state index contributed by atoms with van der Waals surface area (Å²) in [5.41, 5.74) is 0.0355. The molecule has 0 aliphatic carbocycles. The Morgan fingerprint density at radius 3 is 2.39 bits per heavy atom. The molecule has 1 aliphatic rings. The quantitative estimate of drug-likeness (QED) is 0.854. The van der Waals surface area contributed by atoms with Crippen molar-refractivity contribution >= 4 is 21.4 Å². The third kappa shape index (κ3) is 5.20. The van der Waals surface area contributed by atoms with Gasteiger partial charge < -0.3 is 10.2 Å². The summed E-state index contributed by atoms with van der Waals surface area (Å²) in [6, 6.07) is 3.54. The van der Waals surface area contributed by atoms with E-state index in [-0.39, 0.29) is 23.0 Å². The van der Waals surface area contributed by atoms with Crippen LogP contribution >= 0.6 is 0 Å². The SMILES string of the molecule is CS(=O)(=O)c1ccc(F)c(NCC(=O)N2CCCCCCC2)c1. The summed E-state index contributed by atoms with van der Waals surface area (Å²) in [6.07, 6.45) is 6.51. The summed E-state index contributed by atoms with van der Waals surface area (Å²) >= 11 is 0. The smallest absolute Gasteiger partial charge is 0.241 e. The van der Waals surface area contributed by atoms with Crippen LogP contribution in [0.4, 0.5) is 10.1 Å². The highest BCUT2D eigenvalue weighted by molar-refractivity contribution is 7.90. The van der Waals surface area contributed by atoms with Gasteiger partial charge in [0.2, 0.25) is 5.91 Å². The third-order valence-corrected chi connectivity index (χ3v) is 5.12. The largest absolute Gasteiger partial charge is 0.374 e. The molecule has 128 valence electrons. The average Bonchev–Trinajstić information content (AvgIpc) is 2.44. The molecule has 7 heteroatoms. The summed E-state index contributed by atoms with van der Waals surface area (Å²) in [5.74, 6) is -0.658. The van der Waals surface area contributed by atoms with Gasteiger partial charge in [0.1, 0.15) is 5.82 Å². The molecule has 1 fully saturated rings. The van der Waals surface area contributed by atoms with Gasteiger partial charge in [0.15, 0.2) is 9.84 Å². The van der Waals surface area contributed by atoms with Crippen molar-refractivity contribution in [3.63, 3.8) is 0 Å². The van der Waals surface area contributed by atoms with Crippen LogP contribution in [0.1, 0.15) is 32.1 Å². The Morgan fingerprint density at radius 2 is 1.78 bits per heavy atom. The number of nitrogens with zero attached hydrogens (tertiary/aromatic N) is 1. The number of amides is 1. The van der Waals surface area contributed by atoms with Crippen molar-refractivity contribution in [2.24, 2.45) is 0 Å². The first-order valence-corrected chi connectivity index (χ1v) is 9.78. The van der Waals surface area contributed by atoms with Crippen LogP contribution in [0.25, 0.3) is 0 Å². The van der Waals surface area contributed by atoms with E-state index in [1.807, 2.05) is 0 Å². The number of nitrogens with one attached hydrogen (secondary N) is 1. The summed E-state index contributed by atoms with van der Waals surface area (Å²) in [5, 5.41) is 2.73. The topological polar surface area (TPSA) is 66.5 Å². The number of rotatable bonds is 4. The van der Waals surface area contributed by atoms with Crippen LogP contribution in [0, 0.1) is 5.82 Å². The Hall–Kier alpha value is -1.63. The van der Waals surface area contributed by atoms with Gasteiger partial charge in [0, 0.05) is 19.3 Å². The number of benzene rings is 1. The molecule has 1 amide bonds. The second-order valence-corrected chi connectivity index (χ2v) is 7.93. The standard InChI is InChI=1S/C16H23FN2O3S/c1-23(21,22)13-7-8-14(17)15(11-13)18-12-16(20)19-9-5-3-2-4-6-10-19/h7-8,11,18H,2-6,9-10,12H2,1H3. The normalized spacial score (nSPS) is 16.5. The number of halogens is 1. The minimum absolute atomic E-state index is 0.0279. The lowest BCUT2D eigenvalue weighted by Crippen LogP contribution is -2.37. The molecule has 0 aromatic heterocycles. The van der Waals surface area contributed by atoms with Crippen LogP contribution in [0.2, 0.25) is 0 Å². The highest BCUT2D eigenvalue weighted by Gasteiger charge is 2.16. The van der Waals surface area contributed by atoms with Gasteiger partial charge in [0.05, 0.1) is 17.1 Å². The van der Waals surface area contributed by atoms with E-state index in [1.54, 1.807) is 4.90 Å². The average molecular weight is 342 g/mol. The van der Waals surface area contributed by atoms with Crippen LogP contribution in [0.5, 0.6) is 0 Å². The van der Waals surface area contributed by atoms with Gasteiger partial charge in [-0.2, -0.15) is 0 Å². The zero-order valence-corrected chi connectivity index (χ0v) is 14.2. The molecule has 5 nitrogen and oxygen atoms in total. The predicted octanol–water partition coefficient (Wildman–Crippen LogP) is 2.43. The van der Waals surface area contributed by atoms with Crippen molar-refractivity contribution in [2.45, 2.75) is 37.0 Å². The lowest BCUT2D eigenvalue weighted by molar-refractivity contribution is -0.129. The van der Waals surface area contributed by atoms with E-state index in [0.29, 0.717) is 0 Å². The lowest BCUT2D eigenvalue weighted by Gasteiger charge is -2.25. The molecule has 0 bridgehead atoms. The monoisotopic (exact) mass is 342 g/mol. The zero-order valence-electron chi connectivity index (χ0n) is 13.3. The highest BCUT2D eigenvalue weighted by Crippen LogP contribution is 2.19. The number of hydrogen-bond acceptors (Lipinski definition) is 4. The fourth-order valence-electron chi connectivity index (χ4n) is 2.65. The van der Waals surface area contributed by atoms with E-state index in [1.165, 1.54) is 18.6 Å². The van der Waals surface area contributed by atoms with Crippen molar-refractivity contribution < 1.29 is 17.6 Å². The fourth-order valence-corrected chi connectivity index (χ4v) is 3.30. The molecule has 0 radical (unpaired) electrons. The van der Waals surface area contributed by atoms with Crippen molar-refractivity contribution in [3.8, 4) is 0 Å². The first-order chi connectivity index (χ1) is 10.9. The number of carbonyl (C=O) groups excluding carboxylic acids is 1. The van der Waals surface area contributed by atoms with Crippen LogP contribution in [0.3, 0.4) is 0 Å². The van der Waals surface area contributed by atoms with E-state index in [0.717, 1.165) is 51.1 Å². The number of hydrogen-bond donors (Lipinski definition) is 1. The molecular weight excluding hydrogens is 319 g/mol. The van der Waals surface area contributed by atoms with E-state index >= 15 is 0 Å². The number of likely N-dealkylation sites (tertiary alicyclic amines) is 1.